The Morgan fingerprint density at radius 1 is 1.12 bits per heavy atom. The van der Waals surface area contributed by atoms with Gasteiger partial charge in [-0.1, -0.05) is 52.0 Å². The maximum atomic E-state index is 12.5. The highest BCUT2D eigenvalue weighted by atomic mass is 79.9. The number of methoxy groups -OCH3 is 1. The van der Waals surface area contributed by atoms with Crippen LogP contribution in [0.4, 0.5) is 0 Å². The number of halogens is 1. The van der Waals surface area contributed by atoms with Crippen molar-refractivity contribution in [2.45, 2.75) is 38.0 Å². The van der Waals surface area contributed by atoms with E-state index < -0.39 is 0 Å². The SMILES string of the molecule is CCn1c(SCC(=O)c2ccc(Br)cc2)nnc1[C@H](C)NC(=O)Cc1ccc(OC)cc1. The maximum Gasteiger partial charge on any atom is 0.224 e. The van der Waals surface area contributed by atoms with Crippen molar-refractivity contribution in [1.82, 2.24) is 20.1 Å². The van der Waals surface area contributed by atoms with Crippen molar-refractivity contribution in [2.24, 2.45) is 0 Å². The fourth-order valence-electron chi connectivity index (χ4n) is 3.16. The summed E-state index contributed by atoms with van der Waals surface area (Å²) in [5.41, 5.74) is 1.55. The van der Waals surface area contributed by atoms with E-state index in [2.05, 4.69) is 31.4 Å². The molecule has 0 bridgehead atoms. The number of aromatic nitrogens is 3. The Hall–Kier alpha value is -2.65. The first-order valence-electron chi connectivity index (χ1n) is 10.2. The van der Waals surface area contributed by atoms with Gasteiger partial charge in [-0.15, -0.1) is 10.2 Å². The van der Waals surface area contributed by atoms with Gasteiger partial charge in [0.1, 0.15) is 5.75 Å². The molecule has 1 atom stereocenters. The number of thioether (sulfide) groups is 1. The van der Waals surface area contributed by atoms with E-state index in [-0.39, 0.29) is 29.9 Å². The lowest BCUT2D eigenvalue weighted by Gasteiger charge is -2.15. The number of nitrogens with one attached hydrogen (secondary N) is 1. The molecule has 0 spiro atoms. The molecule has 0 saturated carbocycles. The fraction of sp³-hybridized carbons (Fsp3) is 0.304. The lowest BCUT2D eigenvalue weighted by Crippen LogP contribution is -2.30. The third-order valence-electron chi connectivity index (χ3n) is 4.85. The molecule has 9 heteroatoms. The van der Waals surface area contributed by atoms with Gasteiger partial charge in [-0.3, -0.25) is 9.59 Å². The lowest BCUT2D eigenvalue weighted by molar-refractivity contribution is -0.121. The number of carbonyl (C=O) groups excluding carboxylic acids is 2. The molecule has 0 aliphatic heterocycles. The predicted molar refractivity (Wildman–Crippen MR) is 128 cm³/mol. The fourth-order valence-corrected chi connectivity index (χ4v) is 4.33. The van der Waals surface area contributed by atoms with Gasteiger partial charge in [-0.2, -0.15) is 0 Å². The number of hydrogen-bond acceptors (Lipinski definition) is 6. The first-order valence-corrected chi connectivity index (χ1v) is 12.0. The smallest absolute Gasteiger partial charge is 0.224 e. The Kier molecular flexibility index (Phi) is 8.46. The molecule has 1 aromatic heterocycles. The van der Waals surface area contributed by atoms with Crippen LogP contribution in [0, 0.1) is 0 Å². The molecule has 3 aromatic rings. The number of rotatable bonds is 10. The van der Waals surface area contributed by atoms with Crippen molar-refractivity contribution in [3.05, 3.63) is 70.0 Å². The minimum atomic E-state index is -0.315. The third-order valence-corrected chi connectivity index (χ3v) is 6.34. The molecule has 0 radical (unpaired) electrons. The van der Waals surface area contributed by atoms with Gasteiger partial charge in [-0.25, -0.2) is 0 Å². The molecule has 0 aliphatic carbocycles. The van der Waals surface area contributed by atoms with Crippen LogP contribution in [0.1, 0.15) is 41.6 Å². The zero-order valence-corrected chi connectivity index (χ0v) is 20.6. The van der Waals surface area contributed by atoms with Gasteiger partial charge in [0.25, 0.3) is 0 Å². The molecule has 0 fully saturated rings. The number of Topliss-reactive ketones (excluding diaryl/α,β-unsaturated/α-hetero) is 1. The van der Waals surface area contributed by atoms with Crippen LogP contribution < -0.4 is 10.1 Å². The Bertz CT molecular complexity index is 1070. The highest BCUT2D eigenvalue weighted by Crippen LogP contribution is 2.22. The Morgan fingerprint density at radius 3 is 2.44 bits per heavy atom. The van der Waals surface area contributed by atoms with Crippen LogP contribution in [0.3, 0.4) is 0 Å². The number of ketones is 1. The van der Waals surface area contributed by atoms with E-state index in [0.29, 0.717) is 23.1 Å². The molecule has 7 nitrogen and oxygen atoms in total. The monoisotopic (exact) mass is 516 g/mol. The summed E-state index contributed by atoms with van der Waals surface area (Å²) in [5, 5.41) is 12.2. The van der Waals surface area contributed by atoms with Crippen LogP contribution in [0.15, 0.2) is 58.2 Å². The number of ether oxygens (including phenoxy) is 1. The van der Waals surface area contributed by atoms with Gasteiger partial charge in [0, 0.05) is 16.6 Å². The summed E-state index contributed by atoms with van der Waals surface area (Å²) in [6, 6.07) is 14.4. The van der Waals surface area contributed by atoms with Gasteiger partial charge in [-0.05, 0) is 43.7 Å². The normalized spacial score (nSPS) is 11.8. The molecule has 2 aromatic carbocycles. The highest BCUT2D eigenvalue weighted by molar-refractivity contribution is 9.10. The average molecular weight is 517 g/mol. The topological polar surface area (TPSA) is 86.1 Å². The van der Waals surface area contributed by atoms with Crippen molar-refractivity contribution < 1.29 is 14.3 Å². The quantitative estimate of drug-likeness (QED) is 0.316. The maximum absolute atomic E-state index is 12.5. The second-order valence-electron chi connectivity index (χ2n) is 7.12. The number of nitrogens with zero attached hydrogens (tertiary/aromatic N) is 3. The summed E-state index contributed by atoms with van der Waals surface area (Å²) in [6.45, 7) is 4.50. The van der Waals surface area contributed by atoms with E-state index in [0.717, 1.165) is 15.8 Å². The molecular formula is C23H25BrN4O3S. The van der Waals surface area contributed by atoms with Crippen molar-refractivity contribution in [2.75, 3.05) is 12.9 Å². The molecule has 1 heterocycles. The number of amides is 1. The summed E-state index contributed by atoms with van der Waals surface area (Å²) in [6.07, 6.45) is 0.262. The summed E-state index contributed by atoms with van der Waals surface area (Å²) in [7, 11) is 1.61. The summed E-state index contributed by atoms with van der Waals surface area (Å²) >= 11 is 4.72. The second-order valence-corrected chi connectivity index (χ2v) is 8.98. The Labute approximate surface area is 200 Å². The van der Waals surface area contributed by atoms with Crippen molar-refractivity contribution in [3.8, 4) is 5.75 Å². The molecule has 3 rings (SSSR count). The van der Waals surface area contributed by atoms with Gasteiger partial charge in [0.05, 0.1) is 25.3 Å². The third kappa shape index (κ3) is 6.20. The number of carbonyl (C=O) groups is 2. The molecular weight excluding hydrogens is 492 g/mol. The van der Waals surface area contributed by atoms with Gasteiger partial charge < -0.3 is 14.6 Å². The van der Waals surface area contributed by atoms with Crippen molar-refractivity contribution >= 4 is 39.4 Å². The molecule has 1 amide bonds. The predicted octanol–water partition coefficient (Wildman–Crippen LogP) is 4.46. The molecule has 168 valence electrons. The molecule has 0 unspecified atom stereocenters. The number of benzene rings is 2. The van der Waals surface area contributed by atoms with Crippen LogP contribution >= 0.6 is 27.7 Å². The molecule has 0 saturated heterocycles. The van der Waals surface area contributed by atoms with E-state index in [4.69, 9.17) is 4.74 Å². The second kappa shape index (κ2) is 11.3. The zero-order chi connectivity index (χ0) is 23.1. The van der Waals surface area contributed by atoms with E-state index in [1.807, 2.05) is 54.8 Å². The van der Waals surface area contributed by atoms with E-state index in [1.54, 1.807) is 19.2 Å². The van der Waals surface area contributed by atoms with Crippen LogP contribution in [0.5, 0.6) is 5.75 Å². The lowest BCUT2D eigenvalue weighted by atomic mass is 10.1. The Balaban J connectivity index is 1.60. The molecule has 1 N–H and O–H groups in total. The molecule has 0 aliphatic rings. The van der Waals surface area contributed by atoms with Crippen molar-refractivity contribution in [1.29, 1.82) is 0 Å². The van der Waals surface area contributed by atoms with Gasteiger partial charge in [0.15, 0.2) is 16.8 Å². The minimum Gasteiger partial charge on any atom is -0.497 e. The van der Waals surface area contributed by atoms with Gasteiger partial charge in [0.2, 0.25) is 5.91 Å². The minimum absolute atomic E-state index is 0.0237. The van der Waals surface area contributed by atoms with E-state index in [1.165, 1.54) is 11.8 Å². The van der Waals surface area contributed by atoms with Crippen LogP contribution in [-0.4, -0.2) is 39.3 Å². The van der Waals surface area contributed by atoms with Gasteiger partial charge >= 0.3 is 0 Å². The Morgan fingerprint density at radius 2 is 1.81 bits per heavy atom. The van der Waals surface area contributed by atoms with Crippen LogP contribution in [0.2, 0.25) is 0 Å². The zero-order valence-electron chi connectivity index (χ0n) is 18.2. The highest BCUT2D eigenvalue weighted by Gasteiger charge is 2.20. The van der Waals surface area contributed by atoms with E-state index in [9.17, 15) is 9.59 Å². The molecule has 32 heavy (non-hydrogen) atoms. The van der Waals surface area contributed by atoms with Crippen molar-refractivity contribution in [3.63, 3.8) is 0 Å². The summed E-state index contributed by atoms with van der Waals surface area (Å²) in [5.74, 6) is 1.60. The van der Waals surface area contributed by atoms with E-state index >= 15 is 0 Å². The first kappa shape index (κ1) is 24.0. The summed E-state index contributed by atoms with van der Waals surface area (Å²) < 4.78 is 8.00. The summed E-state index contributed by atoms with van der Waals surface area (Å²) in [4.78, 5) is 25.0. The largest absolute Gasteiger partial charge is 0.497 e. The standard InChI is InChI=1S/C23H25BrN4O3S/c1-4-28-22(15(2)25-21(30)13-16-5-11-19(31-3)12-6-16)26-27-23(28)32-14-20(29)17-7-9-18(24)10-8-17/h5-12,15H,4,13-14H2,1-3H3,(H,25,30)/t15-/m0/s1. The first-order chi connectivity index (χ1) is 15.4. The average Bonchev–Trinajstić information content (AvgIpc) is 3.21. The number of hydrogen-bond donors (Lipinski definition) is 1. The van der Waals surface area contributed by atoms with Crippen LogP contribution in [0.25, 0.3) is 0 Å². The van der Waals surface area contributed by atoms with Crippen LogP contribution in [-0.2, 0) is 17.8 Å².